The van der Waals surface area contributed by atoms with Gasteiger partial charge < -0.3 is 5.32 Å². The highest BCUT2D eigenvalue weighted by Crippen LogP contribution is 2.20. The van der Waals surface area contributed by atoms with Gasteiger partial charge in [-0.25, -0.2) is 9.97 Å². The van der Waals surface area contributed by atoms with E-state index in [4.69, 9.17) is 0 Å². The third-order valence-electron chi connectivity index (χ3n) is 3.15. The molecule has 0 fully saturated rings. The van der Waals surface area contributed by atoms with Crippen molar-refractivity contribution in [2.75, 3.05) is 5.32 Å². The van der Waals surface area contributed by atoms with Gasteiger partial charge >= 0.3 is 0 Å². The number of hydrogen-bond donors (Lipinski definition) is 1. The standard InChI is InChI=1S/C14H17N7/c1-10-12(9-21(3)19-10)13-4-5-15-14(18-13)16-6-11-7-17-20(2)8-11/h4-5,7-9H,6H2,1-3H3,(H,15,16,18). The van der Waals surface area contributed by atoms with Crippen LogP contribution < -0.4 is 5.32 Å². The highest BCUT2D eigenvalue weighted by Gasteiger charge is 2.08. The third kappa shape index (κ3) is 2.91. The van der Waals surface area contributed by atoms with E-state index in [1.165, 1.54) is 0 Å². The Morgan fingerprint density at radius 2 is 2.05 bits per heavy atom. The molecule has 3 heterocycles. The summed E-state index contributed by atoms with van der Waals surface area (Å²) >= 11 is 0. The molecule has 108 valence electrons. The zero-order chi connectivity index (χ0) is 14.8. The summed E-state index contributed by atoms with van der Waals surface area (Å²) < 4.78 is 3.56. The maximum atomic E-state index is 4.54. The van der Waals surface area contributed by atoms with Crippen LogP contribution in [-0.2, 0) is 20.6 Å². The van der Waals surface area contributed by atoms with Gasteiger partial charge in [0, 0.05) is 50.4 Å². The van der Waals surface area contributed by atoms with Gasteiger partial charge in [0.15, 0.2) is 0 Å². The van der Waals surface area contributed by atoms with Crippen LogP contribution in [0.3, 0.4) is 0 Å². The maximum Gasteiger partial charge on any atom is 0.223 e. The number of nitrogens with one attached hydrogen (secondary N) is 1. The second kappa shape index (κ2) is 5.35. The van der Waals surface area contributed by atoms with E-state index in [9.17, 15) is 0 Å². The van der Waals surface area contributed by atoms with Crippen molar-refractivity contribution in [1.82, 2.24) is 29.5 Å². The molecule has 0 atom stereocenters. The predicted molar refractivity (Wildman–Crippen MR) is 79.5 cm³/mol. The Bertz CT molecular complexity index is 756. The Kier molecular flexibility index (Phi) is 3.39. The van der Waals surface area contributed by atoms with Gasteiger partial charge in [0.1, 0.15) is 0 Å². The minimum absolute atomic E-state index is 0.597. The molecule has 0 aliphatic rings. The lowest BCUT2D eigenvalue weighted by Crippen LogP contribution is -2.03. The lowest BCUT2D eigenvalue weighted by molar-refractivity contribution is 0.756. The van der Waals surface area contributed by atoms with Crippen molar-refractivity contribution in [3.8, 4) is 11.3 Å². The van der Waals surface area contributed by atoms with Crippen molar-refractivity contribution < 1.29 is 0 Å². The van der Waals surface area contributed by atoms with Crippen LogP contribution in [0.4, 0.5) is 5.95 Å². The van der Waals surface area contributed by atoms with Gasteiger partial charge in [-0.2, -0.15) is 10.2 Å². The molecule has 0 aromatic carbocycles. The molecule has 0 saturated heterocycles. The zero-order valence-corrected chi connectivity index (χ0v) is 12.3. The molecule has 0 aliphatic carbocycles. The van der Waals surface area contributed by atoms with Crippen LogP contribution in [0.1, 0.15) is 11.3 Å². The van der Waals surface area contributed by atoms with Crippen molar-refractivity contribution in [3.63, 3.8) is 0 Å². The first-order valence-corrected chi connectivity index (χ1v) is 6.67. The van der Waals surface area contributed by atoms with Crippen LogP contribution in [0.2, 0.25) is 0 Å². The predicted octanol–water partition coefficient (Wildman–Crippen LogP) is 1.53. The van der Waals surface area contributed by atoms with E-state index in [0.717, 1.165) is 22.5 Å². The second-order valence-electron chi connectivity index (χ2n) is 4.94. The molecule has 21 heavy (non-hydrogen) atoms. The van der Waals surface area contributed by atoms with Gasteiger partial charge in [0.2, 0.25) is 5.95 Å². The average Bonchev–Trinajstić information content (AvgIpc) is 3.02. The van der Waals surface area contributed by atoms with E-state index in [1.54, 1.807) is 15.6 Å². The summed E-state index contributed by atoms with van der Waals surface area (Å²) in [6.45, 7) is 2.61. The molecule has 3 rings (SSSR count). The van der Waals surface area contributed by atoms with E-state index in [0.29, 0.717) is 12.5 Å². The van der Waals surface area contributed by atoms with Gasteiger partial charge in [0.25, 0.3) is 0 Å². The van der Waals surface area contributed by atoms with Gasteiger partial charge in [0.05, 0.1) is 17.6 Å². The molecule has 3 aromatic heterocycles. The first kappa shape index (κ1) is 13.3. The largest absolute Gasteiger partial charge is 0.350 e. The number of aryl methyl sites for hydroxylation is 3. The topological polar surface area (TPSA) is 73.5 Å². The van der Waals surface area contributed by atoms with Gasteiger partial charge in [-0.3, -0.25) is 9.36 Å². The first-order chi connectivity index (χ1) is 10.1. The van der Waals surface area contributed by atoms with Gasteiger partial charge in [-0.05, 0) is 13.0 Å². The maximum absolute atomic E-state index is 4.54. The summed E-state index contributed by atoms with van der Waals surface area (Å²) in [7, 11) is 3.80. The van der Waals surface area contributed by atoms with Crippen LogP contribution in [0.15, 0.2) is 30.9 Å². The molecule has 0 unspecified atom stereocenters. The number of rotatable bonds is 4. The van der Waals surface area contributed by atoms with E-state index >= 15 is 0 Å². The van der Waals surface area contributed by atoms with Crippen LogP contribution in [0, 0.1) is 6.92 Å². The fraction of sp³-hybridized carbons (Fsp3) is 0.286. The van der Waals surface area contributed by atoms with Crippen LogP contribution in [0.5, 0.6) is 0 Å². The van der Waals surface area contributed by atoms with E-state index in [-0.39, 0.29) is 0 Å². The summed E-state index contributed by atoms with van der Waals surface area (Å²) in [4.78, 5) is 8.78. The van der Waals surface area contributed by atoms with Crippen LogP contribution in [-0.4, -0.2) is 29.5 Å². The lowest BCUT2D eigenvalue weighted by atomic mass is 10.2. The highest BCUT2D eigenvalue weighted by atomic mass is 15.3. The number of anilines is 1. The summed E-state index contributed by atoms with van der Waals surface area (Å²) in [5.74, 6) is 0.597. The highest BCUT2D eigenvalue weighted by molar-refractivity contribution is 5.61. The van der Waals surface area contributed by atoms with Crippen LogP contribution >= 0.6 is 0 Å². The Labute approximate surface area is 122 Å². The number of aromatic nitrogens is 6. The Hall–Kier alpha value is -2.70. The molecule has 0 bridgehead atoms. The Balaban J connectivity index is 1.78. The average molecular weight is 283 g/mol. The SMILES string of the molecule is Cc1nn(C)cc1-c1ccnc(NCc2cnn(C)c2)n1. The Morgan fingerprint density at radius 3 is 2.71 bits per heavy atom. The first-order valence-electron chi connectivity index (χ1n) is 6.67. The van der Waals surface area contributed by atoms with Crippen molar-refractivity contribution in [1.29, 1.82) is 0 Å². The molecule has 0 amide bonds. The summed E-state index contributed by atoms with van der Waals surface area (Å²) in [6.07, 6.45) is 7.49. The molecule has 0 aliphatic heterocycles. The summed E-state index contributed by atoms with van der Waals surface area (Å²) in [6, 6.07) is 1.89. The molecular formula is C14H17N7. The molecular weight excluding hydrogens is 266 g/mol. The normalized spacial score (nSPS) is 10.8. The van der Waals surface area contributed by atoms with Crippen molar-refractivity contribution in [2.45, 2.75) is 13.5 Å². The minimum atomic E-state index is 0.597. The zero-order valence-electron chi connectivity index (χ0n) is 12.3. The summed E-state index contributed by atoms with van der Waals surface area (Å²) in [5, 5.41) is 11.7. The molecule has 0 radical (unpaired) electrons. The third-order valence-corrected chi connectivity index (χ3v) is 3.15. The molecule has 0 saturated carbocycles. The second-order valence-corrected chi connectivity index (χ2v) is 4.94. The van der Waals surface area contributed by atoms with E-state index in [1.807, 2.05) is 45.7 Å². The van der Waals surface area contributed by atoms with Crippen molar-refractivity contribution >= 4 is 5.95 Å². The van der Waals surface area contributed by atoms with Crippen molar-refractivity contribution in [3.05, 3.63) is 42.1 Å². The lowest BCUT2D eigenvalue weighted by Gasteiger charge is -2.04. The number of hydrogen-bond acceptors (Lipinski definition) is 5. The fourth-order valence-electron chi connectivity index (χ4n) is 2.19. The summed E-state index contributed by atoms with van der Waals surface area (Å²) in [5.41, 5.74) is 3.92. The number of nitrogens with zero attached hydrogens (tertiary/aromatic N) is 6. The van der Waals surface area contributed by atoms with Crippen molar-refractivity contribution in [2.24, 2.45) is 14.1 Å². The molecule has 1 N–H and O–H groups in total. The molecule has 7 nitrogen and oxygen atoms in total. The van der Waals surface area contributed by atoms with E-state index in [2.05, 4.69) is 25.5 Å². The smallest absolute Gasteiger partial charge is 0.223 e. The molecule has 0 spiro atoms. The minimum Gasteiger partial charge on any atom is -0.350 e. The fourth-order valence-corrected chi connectivity index (χ4v) is 2.19. The molecule has 7 heteroatoms. The van der Waals surface area contributed by atoms with Gasteiger partial charge in [-0.1, -0.05) is 0 Å². The molecule has 3 aromatic rings. The van der Waals surface area contributed by atoms with Gasteiger partial charge in [-0.15, -0.1) is 0 Å². The quantitative estimate of drug-likeness (QED) is 0.786. The Morgan fingerprint density at radius 1 is 1.19 bits per heavy atom. The van der Waals surface area contributed by atoms with E-state index < -0.39 is 0 Å². The van der Waals surface area contributed by atoms with Crippen LogP contribution in [0.25, 0.3) is 11.3 Å². The monoisotopic (exact) mass is 283 g/mol.